The van der Waals surface area contributed by atoms with Crippen LogP contribution in [0.4, 0.5) is 5.82 Å². The van der Waals surface area contributed by atoms with Gasteiger partial charge in [0, 0.05) is 12.6 Å². The second-order valence-corrected chi connectivity index (χ2v) is 3.45. The Balaban J connectivity index is 2.45. The molecule has 0 aromatic carbocycles. The van der Waals surface area contributed by atoms with Gasteiger partial charge in [-0.15, -0.1) is 0 Å². The van der Waals surface area contributed by atoms with Gasteiger partial charge >= 0.3 is 0 Å². The lowest BCUT2D eigenvalue weighted by Crippen LogP contribution is -2.25. The number of hydrogen-bond acceptors (Lipinski definition) is 6. The number of fused-ring (bicyclic) bond motifs is 1. The van der Waals surface area contributed by atoms with E-state index in [1.54, 1.807) is 0 Å². The molecule has 0 aliphatic rings. The molecule has 15 heavy (non-hydrogen) atoms. The zero-order valence-corrected chi connectivity index (χ0v) is 8.69. The van der Waals surface area contributed by atoms with Gasteiger partial charge in [0.15, 0.2) is 0 Å². The van der Waals surface area contributed by atoms with Crippen molar-refractivity contribution in [3.63, 3.8) is 0 Å². The van der Waals surface area contributed by atoms with E-state index in [1.165, 1.54) is 6.33 Å². The lowest BCUT2D eigenvalue weighted by atomic mass is 10.2. The quantitative estimate of drug-likeness (QED) is 0.769. The molecule has 3 N–H and O–H groups in total. The maximum absolute atomic E-state index is 5.53. The summed E-state index contributed by atoms with van der Waals surface area (Å²) in [4.78, 5) is 8.13. The van der Waals surface area contributed by atoms with Crippen LogP contribution in [0.1, 0.15) is 12.6 Å². The van der Waals surface area contributed by atoms with Gasteiger partial charge < -0.3 is 15.6 Å². The standard InChI is InChI=1S/C9H13N5O/c1-5(3-10)13-8-7-6(2)14-15-9(7)12-4-11-8/h4-5H,3,10H2,1-2H3,(H,11,12,13). The van der Waals surface area contributed by atoms with Crippen molar-refractivity contribution in [2.45, 2.75) is 19.9 Å². The molecule has 2 rings (SSSR count). The molecule has 2 aromatic rings. The Bertz CT molecular complexity index is 466. The van der Waals surface area contributed by atoms with Crippen LogP contribution >= 0.6 is 0 Å². The monoisotopic (exact) mass is 207 g/mol. The molecule has 6 heteroatoms. The summed E-state index contributed by atoms with van der Waals surface area (Å²) < 4.78 is 5.03. The molecule has 0 fully saturated rings. The fraction of sp³-hybridized carbons (Fsp3) is 0.444. The van der Waals surface area contributed by atoms with Gasteiger partial charge in [0.1, 0.15) is 17.5 Å². The van der Waals surface area contributed by atoms with Gasteiger partial charge in [0.25, 0.3) is 5.71 Å². The Morgan fingerprint density at radius 3 is 3.07 bits per heavy atom. The first-order chi connectivity index (χ1) is 7.22. The molecule has 0 aliphatic carbocycles. The minimum Gasteiger partial charge on any atom is -0.366 e. The highest BCUT2D eigenvalue weighted by Crippen LogP contribution is 2.22. The Labute approximate surface area is 86.9 Å². The predicted octanol–water partition coefficient (Wildman–Crippen LogP) is 0.685. The summed E-state index contributed by atoms with van der Waals surface area (Å²) in [5.74, 6) is 0.719. The minimum atomic E-state index is 0.150. The summed E-state index contributed by atoms with van der Waals surface area (Å²) in [6.07, 6.45) is 1.44. The van der Waals surface area contributed by atoms with E-state index < -0.39 is 0 Å². The summed E-state index contributed by atoms with van der Waals surface area (Å²) in [7, 11) is 0. The molecule has 1 unspecified atom stereocenters. The van der Waals surface area contributed by atoms with E-state index in [0.717, 1.165) is 16.9 Å². The highest BCUT2D eigenvalue weighted by Gasteiger charge is 2.12. The maximum Gasteiger partial charge on any atom is 0.263 e. The first-order valence-corrected chi connectivity index (χ1v) is 4.76. The zero-order chi connectivity index (χ0) is 10.8. The van der Waals surface area contributed by atoms with E-state index >= 15 is 0 Å². The molecule has 2 aromatic heterocycles. The largest absolute Gasteiger partial charge is 0.366 e. The lowest BCUT2D eigenvalue weighted by Gasteiger charge is -2.11. The summed E-state index contributed by atoms with van der Waals surface area (Å²) in [6.45, 7) is 4.38. The number of rotatable bonds is 3. The predicted molar refractivity (Wildman–Crippen MR) is 56.5 cm³/mol. The molecular formula is C9H13N5O. The van der Waals surface area contributed by atoms with Gasteiger partial charge in [0.05, 0.1) is 5.69 Å². The van der Waals surface area contributed by atoms with Crippen molar-refractivity contribution in [1.29, 1.82) is 0 Å². The minimum absolute atomic E-state index is 0.150. The third-order valence-electron chi connectivity index (χ3n) is 2.18. The van der Waals surface area contributed by atoms with Crippen LogP contribution in [0, 0.1) is 6.92 Å². The molecule has 6 nitrogen and oxygen atoms in total. The molecule has 0 radical (unpaired) electrons. The van der Waals surface area contributed by atoms with Gasteiger partial charge in [-0.05, 0) is 13.8 Å². The van der Waals surface area contributed by atoms with Gasteiger partial charge in [-0.3, -0.25) is 0 Å². The van der Waals surface area contributed by atoms with Crippen LogP contribution in [-0.2, 0) is 0 Å². The first kappa shape index (κ1) is 9.85. The Morgan fingerprint density at radius 2 is 2.33 bits per heavy atom. The Kier molecular flexibility index (Phi) is 2.51. The maximum atomic E-state index is 5.53. The molecule has 0 bridgehead atoms. The van der Waals surface area contributed by atoms with Gasteiger partial charge in [-0.25, -0.2) is 4.98 Å². The van der Waals surface area contributed by atoms with E-state index in [-0.39, 0.29) is 6.04 Å². The topological polar surface area (TPSA) is 89.9 Å². The number of anilines is 1. The molecular weight excluding hydrogens is 194 g/mol. The van der Waals surface area contributed by atoms with Crippen molar-refractivity contribution in [2.75, 3.05) is 11.9 Å². The summed E-state index contributed by atoms with van der Waals surface area (Å²) >= 11 is 0. The van der Waals surface area contributed by atoms with Crippen LogP contribution in [0.15, 0.2) is 10.9 Å². The van der Waals surface area contributed by atoms with Crippen molar-refractivity contribution in [1.82, 2.24) is 15.1 Å². The van der Waals surface area contributed by atoms with Crippen molar-refractivity contribution >= 4 is 16.9 Å². The highest BCUT2D eigenvalue weighted by molar-refractivity contribution is 5.87. The molecule has 0 aliphatic heterocycles. The Morgan fingerprint density at radius 1 is 1.53 bits per heavy atom. The van der Waals surface area contributed by atoms with E-state index in [2.05, 4.69) is 20.4 Å². The fourth-order valence-electron chi connectivity index (χ4n) is 1.32. The second kappa shape index (κ2) is 3.82. The third-order valence-corrected chi connectivity index (χ3v) is 2.18. The molecule has 0 spiro atoms. The van der Waals surface area contributed by atoms with Crippen LogP contribution < -0.4 is 11.1 Å². The Hall–Kier alpha value is -1.69. The van der Waals surface area contributed by atoms with Crippen LogP contribution in [-0.4, -0.2) is 27.7 Å². The van der Waals surface area contributed by atoms with E-state index in [1.807, 2.05) is 13.8 Å². The number of aryl methyl sites for hydroxylation is 1. The SMILES string of the molecule is Cc1noc2ncnc(NC(C)CN)c12. The number of nitrogens with zero attached hydrogens (tertiary/aromatic N) is 3. The fourth-order valence-corrected chi connectivity index (χ4v) is 1.32. The number of aromatic nitrogens is 3. The van der Waals surface area contributed by atoms with Crippen LogP contribution in [0.25, 0.3) is 11.1 Å². The average Bonchev–Trinajstić information content (AvgIpc) is 2.61. The lowest BCUT2D eigenvalue weighted by molar-refractivity contribution is 0.442. The normalized spacial score (nSPS) is 13.0. The number of nitrogens with one attached hydrogen (secondary N) is 1. The van der Waals surface area contributed by atoms with E-state index in [0.29, 0.717) is 12.3 Å². The van der Waals surface area contributed by atoms with Gasteiger partial charge in [0.2, 0.25) is 0 Å². The van der Waals surface area contributed by atoms with Crippen LogP contribution in [0.2, 0.25) is 0 Å². The number of nitrogens with two attached hydrogens (primary N) is 1. The summed E-state index contributed by atoms with van der Waals surface area (Å²) in [6, 6.07) is 0.150. The van der Waals surface area contributed by atoms with Crippen molar-refractivity contribution in [3.05, 3.63) is 12.0 Å². The smallest absolute Gasteiger partial charge is 0.263 e. The summed E-state index contributed by atoms with van der Waals surface area (Å²) in [5.41, 5.74) is 6.80. The third kappa shape index (κ3) is 1.75. The molecule has 80 valence electrons. The molecule has 0 saturated heterocycles. The molecule has 0 amide bonds. The highest BCUT2D eigenvalue weighted by atomic mass is 16.5. The molecule has 1 atom stereocenters. The van der Waals surface area contributed by atoms with Crippen molar-refractivity contribution in [2.24, 2.45) is 5.73 Å². The van der Waals surface area contributed by atoms with Crippen molar-refractivity contribution < 1.29 is 4.52 Å². The summed E-state index contributed by atoms with van der Waals surface area (Å²) in [5, 5.41) is 7.84. The van der Waals surface area contributed by atoms with Crippen LogP contribution in [0.3, 0.4) is 0 Å². The van der Waals surface area contributed by atoms with Gasteiger partial charge in [-0.2, -0.15) is 4.98 Å². The second-order valence-electron chi connectivity index (χ2n) is 3.45. The average molecular weight is 207 g/mol. The van der Waals surface area contributed by atoms with Crippen molar-refractivity contribution in [3.8, 4) is 0 Å². The van der Waals surface area contributed by atoms with Crippen LogP contribution in [0.5, 0.6) is 0 Å². The molecule has 2 heterocycles. The zero-order valence-electron chi connectivity index (χ0n) is 8.69. The number of hydrogen-bond donors (Lipinski definition) is 2. The van der Waals surface area contributed by atoms with E-state index in [9.17, 15) is 0 Å². The first-order valence-electron chi connectivity index (χ1n) is 4.76. The molecule has 0 saturated carbocycles. The van der Waals surface area contributed by atoms with E-state index in [4.69, 9.17) is 10.3 Å². The van der Waals surface area contributed by atoms with Gasteiger partial charge in [-0.1, -0.05) is 5.16 Å².